The van der Waals surface area contributed by atoms with Crippen molar-refractivity contribution in [1.82, 2.24) is 9.88 Å². The fourth-order valence-corrected chi connectivity index (χ4v) is 2.58. The Balaban J connectivity index is 1.92. The highest BCUT2D eigenvalue weighted by atomic mass is 79.9. The Hall–Kier alpha value is -1.96. The van der Waals surface area contributed by atoms with Gasteiger partial charge >= 0.3 is 0 Å². The van der Waals surface area contributed by atoms with Gasteiger partial charge < -0.3 is 10.6 Å². The lowest BCUT2D eigenvalue weighted by molar-refractivity contribution is -0.122. The molecule has 2 rings (SSSR count). The van der Waals surface area contributed by atoms with Crippen molar-refractivity contribution in [3.8, 4) is 0 Å². The number of likely N-dealkylation sites (N-methyl/N-ethyl adjacent to an activating group) is 1. The maximum Gasteiger partial charge on any atom is 0.241 e. The lowest BCUT2D eigenvalue weighted by atomic mass is 10.2. The first-order valence-corrected chi connectivity index (χ1v) is 9.12. The lowest BCUT2D eigenvalue weighted by Crippen LogP contribution is -2.43. The monoisotopic (exact) mass is 438 g/mol. The molecule has 0 saturated heterocycles. The number of halogens is 2. The largest absolute Gasteiger partial charge is 0.324 e. The molecule has 8 heteroatoms. The average molecular weight is 440 g/mol. The van der Waals surface area contributed by atoms with E-state index in [4.69, 9.17) is 11.6 Å². The number of amides is 2. The smallest absolute Gasteiger partial charge is 0.241 e. The highest BCUT2D eigenvalue weighted by Gasteiger charge is 2.21. The molecule has 2 N–H and O–H groups in total. The van der Waals surface area contributed by atoms with Gasteiger partial charge in [-0.15, -0.1) is 0 Å². The van der Waals surface area contributed by atoms with E-state index in [-0.39, 0.29) is 18.4 Å². The first-order chi connectivity index (χ1) is 12.3. The zero-order valence-electron chi connectivity index (χ0n) is 14.7. The van der Waals surface area contributed by atoms with Gasteiger partial charge in [-0.25, -0.2) is 4.98 Å². The van der Waals surface area contributed by atoms with Gasteiger partial charge in [0.2, 0.25) is 11.8 Å². The van der Waals surface area contributed by atoms with Gasteiger partial charge in [0.25, 0.3) is 0 Å². The zero-order chi connectivity index (χ0) is 19.3. The number of carbonyl (C=O) groups is 2. The van der Waals surface area contributed by atoms with Crippen LogP contribution in [0.25, 0.3) is 0 Å². The van der Waals surface area contributed by atoms with Crippen molar-refractivity contribution >= 4 is 50.9 Å². The average Bonchev–Trinajstić information content (AvgIpc) is 2.60. The minimum absolute atomic E-state index is 0.0564. The fourth-order valence-electron chi connectivity index (χ4n) is 2.18. The second-order valence-electron chi connectivity index (χ2n) is 5.90. The number of hydrogen-bond donors (Lipinski definition) is 2. The molecule has 0 aliphatic heterocycles. The third-order valence-electron chi connectivity index (χ3n) is 3.95. The quantitative estimate of drug-likeness (QED) is 0.720. The molecular weight excluding hydrogens is 420 g/mol. The van der Waals surface area contributed by atoms with Gasteiger partial charge in [0.1, 0.15) is 5.82 Å². The van der Waals surface area contributed by atoms with Crippen molar-refractivity contribution in [2.45, 2.75) is 19.9 Å². The summed E-state index contributed by atoms with van der Waals surface area (Å²) >= 11 is 9.36. The van der Waals surface area contributed by atoms with Crippen LogP contribution in [0, 0.1) is 6.92 Å². The van der Waals surface area contributed by atoms with E-state index in [0.717, 1.165) is 10.0 Å². The topological polar surface area (TPSA) is 74.3 Å². The van der Waals surface area contributed by atoms with Crippen molar-refractivity contribution in [2.75, 3.05) is 24.2 Å². The van der Waals surface area contributed by atoms with E-state index in [0.29, 0.717) is 16.5 Å². The summed E-state index contributed by atoms with van der Waals surface area (Å²) in [6, 6.07) is 8.31. The molecule has 0 spiro atoms. The minimum atomic E-state index is -0.503. The Morgan fingerprint density at radius 3 is 2.65 bits per heavy atom. The van der Waals surface area contributed by atoms with Crippen LogP contribution in [0.3, 0.4) is 0 Å². The van der Waals surface area contributed by atoms with Crippen LogP contribution in [0.15, 0.2) is 41.0 Å². The van der Waals surface area contributed by atoms with Crippen molar-refractivity contribution in [2.24, 2.45) is 0 Å². The van der Waals surface area contributed by atoms with Gasteiger partial charge in [0.15, 0.2) is 0 Å². The highest BCUT2D eigenvalue weighted by molar-refractivity contribution is 9.10. The van der Waals surface area contributed by atoms with Gasteiger partial charge in [-0.1, -0.05) is 17.7 Å². The molecule has 2 amide bonds. The van der Waals surface area contributed by atoms with Gasteiger partial charge in [-0.05, 0) is 66.7 Å². The molecule has 1 heterocycles. The third kappa shape index (κ3) is 5.52. The van der Waals surface area contributed by atoms with Crippen molar-refractivity contribution in [3.05, 3.63) is 51.6 Å². The Labute approximate surface area is 166 Å². The van der Waals surface area contributed by atoms with Gasteiger partial charge in [-0.2, -0.15) is 0 Å². The first kappa shape index (κ1) is 20.4. The molecule has 2 aromatic rings. The molecule has 1 aromatic heterocycles. The number of nitrogens with one attached hydrogen (secondary N) is 2. The normalized spacial score (nSPS) is 11.9. The second kappa shape index (κ2) is 9.12. The molecule has 1 atom stereocenters. The van der Waals surface area contributed by atoms with Crippen LogP contribution in [0.1, 0.15) is 12.5 Å². The number of aromatic nitrogens is 1. The molecule has 0 aliphatic rings. The third-order valence-corrected chi connectivity index (χ3v) is 4.83. The van der Waals surface area contributed by atoms with Crippen molar-refractivity contribution in [3.63, 3.8) is 0 Å². The predicted octanol–water partition coefficient (Wildman–Crippen LogP) is 3.70. The summed E-state index contributed by atoms with van der Waals surface area (Å²) < 4.78 is 0.828. The predicted molar refractivity (Wildman–Crippen MR) is 107 cm³/mol. The molecule has 0 radical (unpaired) electrons. The summed E-state index contributed by atoms with van der Waals surface area (Å²) in [6.07, 6.45) is 1.60. The molecule has 0 aliphatic carbocycles. The fraction of sp³-hybridized carbons (Fsp3) is 0.278. The first-order valence-electron chi connectivity index (χ1n) is 7.95. The highest BCUT2D eigenvalue weighted by Crippen LogP contribution is 2.23. The van der Waals surface area contributed by atoms with Crippen LogP contribution in [0.4, 0.5) is 11.5 Å². The zero-order valence-corrected chi connectivity index (χ0v) is 17.1. The molecule has 0 fully saturated rings. The number of pyridine rings is 1. The lowest BCUT2D eigenvalue weighted by Gasteiger charge is -2.23. The standard InChI is InChI=1S/C18H20BrClN4O2/c1-11-14(20)5-4-6-15(11)22-18(26)12(2)24(3)10-17(25)23-16-8-7-13(19)9-21-16/h4-9,12H,10H2,1-3H3,(H,22,26)(H,21,23,25). The van der Waals surface area contributed by atoms with E-state index in [1.807, 2.05) is 6.92 Å². The number of carbonyl (C=O) groups excluding carboxylic acids is 2. The number of hydrogen-bond acceptors (Lipinski definition) is 4. The summed E-state index contributed by atoms with van der Waals surface area (Å²) in [5.74, 6) is -0.00778. The molecule has 26 heavy (non-hydrogen) atoms. The molecule has 1 aromatic carbocycles. The van der Waals surface area contributed by atoms with Crippen LogP contribution in [0.5, 0.6) is 0 Å². The van der Waals surface area contributed by atoms with E-state index in [9.17, 15) is 9.59 Å². The SMILES string of the molecule is Cc1c(Cl)cccc1NC(=O)C(C)N(C)CC(=O)Nc1ccc(Br)cn1. The van der Waals surface area contributed by atoms with Gasteiger partial charge in [0.05, 0.1) is 12.6 Å². The van der Waals surface area contributed by atoms with E-state index < -0.39 is 6.04 Å². The summed E-state index contributed by atoms with van der Waals surface area (Å²) in [6.45, 7) is 3.63. The molecule has 1 unspecified atom stereocenters. The summed E-state index contributed by atoms with van der Waals surface area (Å²) in [7, 11) is 1.71. The summed E-state index contributed by atoms with van der Waals surface area (Å²) in [4.78, 5) is 30.3. The van der Waals surface area contributed by atoms with Crippen LogP contribution < -0.4 is 10.6 Å². The molecule has 0 saturated carbocycles. The van der Waals surface area contributed by atoms with Crippen LogP contribution >= 0.6 is 27.5 Å². The Kier molecular flexibility index (Phi) is 7.14. The Bertz CT molecular complexity index is 798. The molecular formula is C18H20BrClN4O2. The van der Waals surface area contributed by atoms with E-state index in [1.54, 1.807) is 55.4 Å². The number of nitrogens with zero attached hydrogens (tertiary/aromatic N) is 2. The maximum atomic E-state index is 12.4. The van der Waals surface area contributed by atoms with Crippen LogP contribution in [0.2, 0.25) is 5.02 Å². The maximum absolute atomic E-state index is 12.4. The summed E-state index contributed by atoms with van der Waals surface area (Å²) in [5, 5.41) is 6.13. The van der Waals surface area contributed by atoms with E-state index >= 15 is 0 Å². The Morgan fingerprint density at radius 1 is 1.27 bits per heavy atom. The Morgan fingerprint density at radius 2 is 2.00 bits per heavy atom. The second-order valence-corrected chi connectivity index (χ2v) is 7.23. The summed E-state index contributed by atoms with van der Waals surface area (Å²) in [5.41, 5.74) is 1.46. The number of benzene rings is 1. The van der Waals surface area contributed by atoms with Crippen molar-refractivity contribution in [1.29, 1.82) is 0 Å². The molecule has 6 nitrogen and oxygen atoms in total. The minimum Gasteiger partial charge on any atom is -0.324 e. The molecule has 138 valence electrons. The molecule has 0 bridgehead atoms. The van der Waals surface area contributed by atoms with Crippen molar-refractivity contribution < 1.29 is 9.59 Å². The van der Waals surface area contributed by atoms with Gasteiger partial charge in [-0.3, -0.25) is 14.5 Å². The number of rotatable bonds is 6. The van der Waals surface area contributed by atoms with E-state index in [2.05, 4.69) is 31.5 Å². The van der Waals surface area contributed by atoms with Gasteiger partial charge in [0, 0.05) is 21.4 Å². The van der Waals surface area contributed by atoms with E-state index in [1.165, 1.54) is 0 Å². The van der Waals surface area contributed by atoms with Crippen LogP contribution in [-0.2, 0) is 9.59 Å². The van der Waals surface area contributed by atoms with Crippen LogP contribution in [-0.4, -0.2) is 41.3 Å². The number of anilines is 2.